The van der Waals surface area contributed by atoms with Crippen LogP contribution >= 0.6 is 11.6 Å². The number of aryl methyl sites for hydroxylation is 2. The van der Waals surface area contributed by atoms with Crippen molar-refractivity contribution in [2.45, 2.75) is 26.7 Å². The van der Waals surface area contributed by atoms with Gasteiger partial charge in [-0.2, -0.15) is 0 Å². The molecule has 128 valence electrons. The number of nitrogens with one attached hydrogen (secondary N) is 1. The molecule has 0 bridgehead atoms. The number of hydrogen-bond donors (Lipinski definition) is 1. The SMILES string of the molecule is CCc1nnc(Nc2ccc(Oc3ccc(Cl)nn3)cc2)nc1CC. The Morgan fingerprint density at radius 2 is 1.64 bits per heavy atom. The van der Waals surface area contributed by atoms with Gasteiger partial charge in [-0.1, -0.05) is 25.4 Å². The van der Waals surface area contributed by atoms with Crippen molar-refractivity contribution in [1.82, 2.24) is 25.4 Å². The van der Waals surface area contributed by atoms with Crippen molar-refractivity contribution >= 4 is 23.2 Å². The minimum absolute atomic E-state index is 0.320. The van der Waals surface area contributed by atoms with Crippen LogP contribution in [0.5, 0.6) is 11.6 Å². The van der Waals surface area contributed by atoms with E-state index >= 15 is 0 Å². The first-order valence-electron chi connectivity index (χ1n) is 7.94. The van der Waals surface area contributed by atoms with Gasteiger partial charge in [-0.15, -0.1) is 20.4 Å². The summed E-state index contributed by atoms with van der Waals surface area (Å²) in [4.78, 5) is 4.51. The molecule has 0 saturated carbocycles. The maximum absolute atomic E-state index is 5.70. The third-order valence-corrected chi connectivity index (χ3v) is 3.65. The van der Waals surface area contributed by atoms with Crippen LogP contribution < -0.4 is 10.1 Å². The predicted molar refractivity (Wildman–Crippen MR) is 95.4 cm³/mol. The van der Waals surface area contributed by atoms with Gasteiger partial charge in [0, 0.05) is 11.8 Å². The molecular weight excluding hydrogens is 340 g/mol. The standard InChI is InChI=1S/C17H17ClN6O/c1-3-13-14(4-2)21-24-17(20-13)19-11-5-7-12(8-6-11)25-16-10-9-15(18)22-23-16/h5-10H,3-4H2,1-2H3,(H,19,20,24). The fourth-order valence-corrected chi connectivity index (χ4v) is 2.31. The molecule has 0 amide bonds. The average molecular weight is 357 g/mol. The lowest BCUT2D eigenvalue weighted by molar-refractivity contribution is 0.455. The lowest BCUT2D eigenvalue weighted by Gasteiger charge is -2.09. The van der Waals surface area contributed by atoms with E-state index in [0.717, 1.165) is 29.9 Å². The van der Waals surface area contributed by atoms with Gasteiger partial charge < -0.3 is 10.1 Å². The molecule has 0 aliphatic rings. The highest BCUT2D eigenvalue weighted by Gasteiger charge is 2.07. The van der Waals surface area contributed by atoms with E-state index in [1.54, 1.807) is 12.1 Å². The lowest BCUT2D eigenvalue weighted by Crippen LogP contribution is -2.06. The molecule has 0 fully saturated rings. The second kappa shape index (κ2) is 7.85. The molecular formula is C17H17ClN6O. The van der Waals surface area contributed by atoms with Gasteiger partial charge in [0.2, 0.25) is 11.8 Å². The number of nitrogens with zero attached hydrogens (tertiary/aromatic N) is 5. The summed E-state index contributed by atoms with van der Waals surface area (Å²) in [5.74, 6) is 1.49. The van der Waals surface area contributed by atoms with Gasteiger partial charge in [0.25, 0.3) is 0 Å². The minimum atomic E-state index is 0.320. The topological polar surface area (TPSA) is 85.7 Å². The maximum atomic E-state index is 5.70. The monoisotopic (exact) mass is 356 g/mol. The van der Waals surface area contributed by atoms with Gasteiger partial charge >= 0.3 is 0 Å². The summed E-state index contributed by atoms with van der Waals surface area (Å²) < 4.78 is 5.60. The molecule has 0 saturated heterocycles. The van der Waals surface area contributed by atoms with Crippen LogP contribution in [0.3, 0.4) is 0 Å². The zero-order valence-corrected chi connectivity index (χ0v) is 14.7. The Balaban J connectivity index is 1.69. The minimum Gasteiger partial charge on any atom is -0.438 e. The van der Waals surface area contributed by atoms with Gasteiger partial charge in [0.05, 0.1) is 11.4 Å². The normalized spacial score (nSPS) is 10.5. The van der Waals surface area contributed by atoms with Crippen LogP contribution in [0.2, 0.25) is 5.15 Å². The highest BCUT2D eigenvalue weighted by molar-refractivity contribution is 6.29. The van der Waals surface area contributed by atoms with Crippen molar-refractivity contribution in [3.8, 4) is 11.6 Å². The van der Waals surface area contributed by atoms with Crippen molar-refractivity contribution < 1.29 is 4.74 Å². The van der Waals surface area contributed by atoms with Crippen LogP contribution in [0, 0.1) is 0 Å². The Hall–Kier alpha value is -2.80. The maximum Gasteiger partial charge on any atom is 0.247 e. The zero-order valence-electron chi connectivity index (χ0n) is 13.9. The van der Waals surface area contributed by atoms with Crippen LogP contribution in [-0.2, 0) is 12.8 Å². The molecule has 2 aromatic heterocycles. The van der Waals surface area contributed by atoms with Gasteiger partial charge in [0.15, 0.2) is 5.15 Å². The first-order chi connectivity index (χ1) is 12.2. The smallest absolute Gasteiger partial charge is 0.247 e. The van der Waals surface area contributed by atoms with E-state index in [9.17, 15) is 0 Å². The molecule has 1 N–H and O–H groups in total. The third-order valence-electron chi connectivity index (χ3n) is 3.45. The zero-order chi connectivity index (χ0) is 17.6. The van der Waals surface area contributed by atoms with E-state index < -0.39 is 0 Å². The largest absolute Gasteiger partial charge is 0.438 e. The molecule has 0 aliphatic carbocycles. The molecule has 25 heavy (non-hydrogen) atoms. The van der Waals surface area contributed by atoms with Gasteiger partial charge in [0.1, 0.15) is 5.75 Å². The summed E-state index contributed by atoms with van der Waals surface area (Å²) in [6.07, 6.45) is 1.64. The Bertz CT molecular complexity index is 839. The van der Waals surface area contributed by atoms with Crippen molar-refractivity contribution in [3.05, 3.63) is 52.9 Å². The van der Waals surface area contributed by atoms with Crippen LogP contribution in [0.25, 0.3) is 0 Å². The average Bonchev–Trinajstić information content (AvgIpc) is 2.65. The van der Waals surface area contributed by atoms with E-state index in [0.29, 0.717) is 22.7 Å². The van der Waals surface area contributed by atoms with Crippen molar-refractivity contribution in [2.24, 2.45) is 0 Å². The van der Waals surface area contributed by atoms with Crippen molar-refractivity contribution in [3.63, 3.8) is 0 Å². The Morgan fingerprint density at radius 1 is 0.880 bits per heavy atom. The summed E-state index contributed by atoms with van der Waals surface area (Å²) >= 11 is 5.70. The summed E-state index contributed by atoms with van der Waals surface area (Å²) in [5.41, 5.74) is 2.73. The molecule has 2 heterocycles. The quantitative estimate of drug-likeness (QED) is 0.714. The molecule has 0 atom stereocenters. The highest BCUT2D eigenvalue weighted by atomic mass is 35.5. The van der Waals surface area contributed by atoms with E-state index in [1.807, 2.05) is 31.2 Å². The first kappa shape index (κ1) is 17.0. The number of anilines is 2. The summed E-state index contributed by atoms with van der Waals surface area (Å²) in [6.45, 7) is 4.10. The van der Waals surface area contributed by atoms with E-state index in [4.69, 9.17) is 16.3 Å². The second-order valence-electron chi connectivity index (χ2n) is 5.18. The van der Waals surface area contributed by atoms with Crippen molar-refractivity contribution in [1.29, 1.82) is 0 Å². The predicted octanol–water partition coefficient (Wildman–Crippen LogP) is 3.98. The van der Waals surface area contributed by atoms with Crippen LogP contribution in [0.15, 0.2) is 36.4 Å². The molecule has 3 aromatic rings. The Morgan fingerprint density at radius 3 is 2.28 bits per heavy atom. The summed E-state index contributed by atoms with van der Waals surface area (Å²) in [7, 11) is 0. The van der Waals surface area contributed by atoms with E-state index in [-0.39, 0.29) is 0 Å². The number of hydrogen-bond acceptors (Lipinski definition) is 7. The number of aromatic nitrogens is 5. The molecule has 3 rings (SSSR count). The lowest BCUT2D eigenvalue weighted by atomic mass is 10.2. The molecule has 8 heteroatoms. The summed E-state index contributed by atoms with van der Waals surface area (Å²) in [5, 5.41) is 19.4. The molecule has 0 aliphatic heterocycles. The highest BCUT2D eigenvalue weighted by Crippen LogP contribution is 2.22. The third kappa shape index (κ3) is 4.39. The van der Waals surface area contributed by atoms with Gasteiger partial charge in [-0.25, -0.2) is 4.98 Å². The molecule has 0 radical (unpaired) electrons. The Labute approximate surface area is 150 Å². The fraction of sp³-hybridized carbons (Fsp3) is 0.235. The number of benzene rings is 1. The summed E-state index contributed by atoms with van der Waals surface area (Å²) in [6, 6.07) is 10.6. The Kier molecular flexibility index (Phi) is 5.35. The molecule has 1 aromatic carbocycles. The second-order valence-corrected chi connectivity index (χ2v) is 5.57. The van der Waals surface area contributed by atoms with E-state index in [1.165, 1.54) is 0 Å². The number of halogens is 1. The molecule has 0 unspecified atom stereocenters. The number of rotatable bonds is 6. The van der Waals surface area contributed by atoms with Crippen LogP contribution in [0.4, 0.5) is 11.6 Å². The number of ether oxygens (including phenoxy) is 1. The van der Waals surface area contributed by atoms with Gasteiger partial charge in [-0.3, -0.25) is 0 Å². The van der Waals surface area contributed by atoms with Crippen molar-refractivity contribution in [2.75, 3.05) is 5.32 Å². The first-order valence-corrected chi connectivity index (χ1v) is 8.32. The molecule has 7 nitrogen and oxygen atoms in total. The molecule has 0 spiro atoms. The van der Waals surface area contributed by atoms with Crippen LogP contribution in [-0.4, -0.2) is 25.4 Å². The van der Waals surface area contributed by atoms with Crippen LogP contribution in [0.1, 0.15) is 25.2 Å². The fourth-order valence-electron chi connectivity index (χ4n) is 2.21. The van der Waals surface area contributed by atoms with Gasteiger partial charge in [-0.05, 0) is 43.2 Å². The van der Waals surface area contributed by atoms with E-state index in [2.05, 4.69) is 37.6 Å².